The highest BCUT2D eigenvalue weighted by Crippen LogP contribution is 2.35. The zero-order valence-electron chi connectivity index (χ0n) is 16.3. The Balaban J connectivity index is 1.86. The van der Waals surface area contributed by atoms with Crippen LogP contribution in [0.5, 0.6) is 11.6 Å². The number of aryl methyl sites for hydroxylation is 1. The van der Waals surface area contributed by atoms with Crippen molar-refractivity contribution in [3.8, 4) is 22.9 Å². The van der Waals surface area contributed by atoms with E-state index in [1.807, 2.05) is 13.1 Å². The molecular formula is C21H20FN5O2. The summed E-state index contributed by atoms with van der Waals surface area (Å²) in [7, 11) is 1.48. The molecule has 0 aliphatic rings. The van der Waals surface area contributed by atoms with Gasteiger partial charge in [-0.3, -0.25) is 9.67 Å². The van der Waals surface area contributed by atoms with Crippen LogP contribution in [0.1, 0.15) is 19.4 Å². The number of aromatic hydroxyl groups is 1. The first-order valence-electron chi connectivity index (χ1n) is 9.13. The largest absolute Gasteiger partial charge is 0.496 e. The van der Waals surface area contributed by atoms with Crippen LogP contribution >= 0.6 is 0 Å². The van der Waals surface area contributed by atoms with Crippen molar-refractivity contribution in [2.24, 2.45) is 4.99 Å². The lowest BCUT2D eigenvalue weighted by atomic mass is 10.0. The van der Waals surface area contributed by atoms with Gasteiger partial charge in [0.05, 0.1) is 53.7 Å². The number of fused-ring (bicyclic) bond motifs is 1. The van der Waals surface area contributed by atoms with Crippen LogP contribution in [0.4, 0.5) is 10.1 Å². The van der Waals surface area contributed by atoms with E-state index >= 15 is 0 Å². The van der Waals surface area contributed by atoms with Gasteiger partial charge >= 0.3 is 0 Å². The molecule has 0 radical (unpaired) electrons. The molecule has 3 heterocycles. The lowest BCUT2D eigenvalue weighted by Crippen LogP contribution is -1.96. The topological polar surface area (TPSA) is 88.3 Å². The summed E-state index contributed by atoms with van der Waals surface area (Å²) < 4.78 is 21.6. The summed E-state index contributed by atoms with van der Waals surface area (Å²) in [6.45, 7) is 4.53. The third kappa shape index (κ3) is 3.33. The number of aromatic nitrogens is 4. The summed E-state index contributed by atoms with van der Waals surface area (Å²) in [5.41, 5.74) is 3.10. The quantitative estimate of drug-likeness (QED) is 0.491. The number of ether oxygens (including phenoxy) is 1. The highest BCUT2D eigenvalue weighted by atomic mass is 19.1. The van der Waals surface area contributed by atoms with Gasteiger partial charge in [0, 0.05) is 11.9 Å². The first kappa shape index (κ1) is 18.7. The van der Waals surface area contributed by atoms with E-state index < -0.39 is 5.82 Å². The molecule has 0 aliphatic carbocycles. The maximum absolute atomic E-state index is 14.5. The Morgan fingerprint density at radius 2 is 2.17 bits per heavy atom. The number of nitrogens with zero attached hydrogens (tertiary/aromatic N) is 4. The van der Waals surface area contributed by atoms with Crippen LogP contribution in [0.2, 0.25) is 0 Å². The molecule has 0 atom stereocenters. The molecule has 1 aromatic carbocycles. The van der Waals surface area contributed by atoms with Crippen molar-refractivity contribution in [1.29, 1.82) is 0 Å². The smallest absolute Gasteiger partial charge is 0.198 e. The van der Waals surface area contributed by atoms with E-state index in [1.165, 1.54) is 13.2 Å². The Kier molecular flexibility index (Phi) is 4.75. The fourth-order valence-electron chi connectivity index (χ4n) is 3.34. The van der Waals surface area contributed by atoms with Crippen LogP contribution in [0.25, 0.3) is 22.2 Å². The molecule has 0 amide bonds. The number of methoxy groups -OCH3 is 1. The molecule has 4 aromatic rings. The second-order valence-electron chi connectivity index (χ2n) is 6.53. The third-order valence-corrected chi connectivity index (χ3v) is 4.72. The number of nitrogens with one attached hydrogen (secondary N) is 1. The highest BCUT2D eigenvalue weighted by Gasteiger charge is 2.18. The summed E-state index contributed by atoms with van der Waals surface area (Å²) in [6, 6.07) is 6.34. The van der Waals surface area contributed by atoms with Crippen molar-refractivity contribution in [2.75, 3.05) is 7.11 Å². The van der Waals surface area contributed by atoms with E-state index in [0.717, 1.165) is 6.54 Å². The molecule has 148 valence electrons. The van der Waals surface area contributed by atoms with Crippen molar-refractivity contribution in [2.45, 2.75) is 20.4 Å². The number of hydrogen-bond acceptors (Lipinski definition) is 5. The monoisotopic (exact) mass is 393 g/mol. The molecule has 2 N–H and O–H groups in total. The Bertz CT molecular complexity index is 1230. The van der Waals surface area contributed by atoms with E-state index in [4.69, 9.17) is 4.74 Å². The van der Waals surface area contributed by atoms with E-state index in [1.54, 1.807) is 42.2 Å². The summed E-state index contributed by atoms with van der Waals surface area (Å²) in [6.07, 6.45) is 5.05. The summed E-state index contributed by atoms with van der Waals surface area (Å²) in [5.74, 6) is -0.0750. The molecule has 0 saturated carbocycles. The van der Waals surface area contributed by atoms with Crippen LogP contribution in [0, 0.1) is 5.82 Å². The highest BCUT2D eigenvalue weighted by molar-refractivity contribution is 6.13. The number of H-pyrrole nitrogens is 1. The summed E-state index contributed by atoms with van der Waals surface area (Å²) >= 11 is 0. The minimum absolute atomic E-state index is 0.0245. The molecule has 29 heavy (non-hydrogen) atoms. The fourth-order valence-corrected chi connectivity index (χ4v) is 3.34. The van der Waals surface area contributed by atoms with Crippen LogP contribution in [0.15, 0.2) is 47.8 Å². The summed E-state index contributed by atoms with van der Waals surface area (Å²) in [4.78, 5) is 11.8. The number of aliphatic imine (C=N–C) groups is 1. The molecule has 0 aliphatic heterocycles. The van der Waals surface area contributed by atoms with Gasteiger partial charge in [-0.15, -0.1) is 0 Å². The second kappa shape index (κ2) is 7.38. The Labute approximate surface area is 166 Å². The van der Waals surface area contributed by atoms with Gasteiger partial charge in [-0.25, -0.2) is 9.38 Å². The van der Waals surface area contributed by atoms with E-state index in [9.17, 15) is 9.50 Å². The molecule has 3 aromatic heterocycles. The minimum atomic E-state index is -0.435. The molecule has 8 heteroatoms. The van der Waals surface area contributed by atoms with Gasteiger partial charge in [0.1, 0.15) is 17.3 Å². The van der Waals surface area contributed by atoms with Gasteiger partial charge in [0.2, 0.25) is 0 Å². The van der Waals surface area contributed by atoms with Crippen molar-refractivity contribution >= 4 is 22.3 Å². The van der Waals surface area contributed by atoms with E-state index in [2.05, 4.69) is 20.1 Å². The SMILES string of the molecule is CCn1cc(N=C(C)c2c(O)[nH]c3cnc(-c4c(F)cccc4OC)cc23)cn1. The predicted molar refractivity (Wildman–Crippen MR) is 109 cm³/mol. The zero-order valence-corrected chi connectivity index (χ0v) is 16.3. The number of hydrogen-bond donors (Lipinski definition) is 2. The zero-order chi connectivity index (χ0) is 20.5. The average molecular weight is 393 g/mol. The number of pyridine rings is 1. The maximum atomic E-state index is 14.5. The van der Waals surface area contributed by atoms with Crippen LogP contribution in [-0.2, 0) is 6.54 Å². The van der Waals surface area contributed by atoms with E-state index in [-0.39, 0.29) is 11.4 Å². The molecule has 0 bridgehead atoms. The van der Waals surface area contributed by atoms with Crippen molar-refractivity contribution < 1.29 is 14.2 Å². The van der Waals surface area contributed by atoms with Crippen molar-refractivity contribution in [3.05, 3.63) is 54.2 Å². The Morgan fingerprint density at radius 1 is 1.34 bits per heavy atom. The molecular weight excluding hydrogens is 373 g/mol. The Morgan fingerprint density at radius 3 is 2.90 bits per heavy atom. The molecule has 0 fully saturated rings. The van der Waals surface area contributed by atoms with Gasteiger partial charge in [0.25, 0.3) is 0 Å². The lowest BCUT2D eigenvalue weighted by Gasteiger charge is -2.09. The molecule has 4 rings (SSSR count). The second-order valence-corrected chi connectivity index (χ2v) is 6.53. The van der Waals surface area contributed by atoms with E-state index in [0.29, 0.717) is 39.3 Å². The van der Waals surface area contributed by atoms with Gasteiger partial charge < -0.3 is 14.8 Å². The van der Waals surface area contributed by atoms with Crippen LogP contribution in [-0.4, -0.2) is 37.7 Å². The van der Waals surface area contributed by atoms with Crippen molar-refractivity contribution in [3.63, 3.8) is 0 Å². The van der Waals surface area contributed by atoms with Gasteiger partial charge in [-0.2, -0.15) is 5.10 Å². The van der Waals surface area contributed by atoms with Crippen LogP contribution < -0.4 is 4.74 Å². The maximum Gasteiger partial charge on any atom is 0.198 e. The van der Waals surface area contributed by atoms with Gasteiger partial charge in [-0.05, 0) is 32.0 Å². The number of aromatic amines is 1. The minimum Gasteiger partial charge on any atom is -0.496 e. The third-order valence-electron chi connectivity index (χ3n) is 4.72. The average Bonchev–Trinajstić information content (AvgIpc) is 3.29. The number of benzene rings is 1. The fraction of sp³-hybridized carbons (Fsp3) is 0.190. The Hall–Kier alpha value is -3.68. The van der Waals surface area contributed by atoms with Crippen LogP contribution in [0.3, 0.4) is 0 Å². The summed E-state index contributed by atoms with van der Waals surface area (Å²) in [5, 5.41) is 15.4. The van der Waals surface area contributed by atoms with Gasteiger partial charge in [0.15, 0.2) is 5.88 Å². The molecule has 0 saturated heterocycles. The molecule has 7 nitrogen and oxygen atoms in total. The van der Waals surface area contributed by atoms with Crippen molar-refractivity contribution in [1.82, 2.24) is 19.7 Å². The number of halogens is 1. The first-order chi connectivity index (χ1) is 14.0. The predicted octanol–water partition coefficient (Wildman–Crippen LogP) is 4.44. The molecule has 0 unspecified atom stereocenters. The normalized spacial score (nSPS) is 11.9. The van der Waals surface area contributed by atoms with Gasteiger partial charge in [-0.1, -0.05) is 6.07 Å². The lowest BCUT2D eigenvalue weighted by molar-refractivity contribution is 0.413. The first-order valence-corrected chi connectivity index (χ1v) is 9.13. The number of rotatable bonds is 5. The molecule has 0 spiro atoms. The standard InChI is InChI=1S/C21H20FN5O2/c1-4-27-11-13(9-24-27)25-12(2)19-14-8-16(23-10-17(14)26-21(19)28)20-15(22)6-5-7-18(20)29-3/h5-11,26,28H,4H2,1-3H3.